The van der Waals surface area contributed by atoms with Gasteiger partial charge in [-0.25, -0.2) is 0 Å². The van der Waals surface area contributed by atoms with Crippen LogP contribution in [0.15, 0.2) is 48.5 Å². The molecule has 0 unspecified atom stereocenters. The first-order valence-electron chi connectivity index (χ1n) is 9.41. The molecule has 2 amide bonds. The number of hydrogen-bond donors (Lipinski definition) is 2. The van der Waals surface area contributed by atoms with Crippen molar-refractivity contribution in [2.24, 2.45) is 0 Å². The third-order valence-corrected chi connectivity index (χ3v) is 4.49. The molecule has 0 aliphatic carbocycles. The first kappa shape index (κ1) is 22.4. The summed E-state index contributed by atoms with van der Waals surface area (Å²) in [5.74, 6) is -1.04. The van der Waals surface area contributed by atoms with E-state index in [1.807, 2.05) is 38.1 Å². The van der Waals surface area contributed by atoms with E-state index in [2.05, 4.69) is 10.6 Å². The number of halogens is 1. The summed E-state index contributed by atoms with van der Waals surface area (Å²) in [6.45, 7) is 5.68. The summed E-state index contributed by atoms with van der Waals surface area (Å²) >= 11 is 5.79. The van der Waals surface area contributed by atoms with Gasteiger partial charge in [-0.15, -0.1) is 0 Å². The van der Waals surface area contributed by atoms with Gasteiger partial charge in [0.15, 0.2) is 6.10 Å². The Bertz CT molecular complexity index is 865. The molecule has 154 valence electrons. The zero-order chi connectivity index (χ0) is 21.4. The summed E-state index contributed by atoms with van der Waals surface area (Å²) in [7, 11) is 0. The summed E-state index contributed by atoms with van der Waals surface area (Å²) in [4.78, 5) is 36.3. The number of para-hydroxylation sites is 1. The van der Waals surface area contributed by atoms with Crippen LogP contribution in [0.3, 0.4) is 0 Å². The number of carbonyl (C=O) groups excluding carboxylic acids is 3. The van der Waals surface area contributed by atoms with Gasteiger partial charge in [0.25, 0.3) is 11.8 Å². The number of hydrogen-bond acceptors (Lipinski definition) is 4. The van der Waals surface area contributed by atoms with Crippen molar-refractivity contribution in [3.63, 3.8) is 0 Å². The van der Waals surface area contributed by atoms with Crippen molar-refractivity contribution in [3.05, 3.63) is 64.7 Å². The van der Waals surface area contributed by atoms with E-state index in [-0.39, 0.29) is 24.8 Å². The van der Waals surface area contributed by atoms with E-state index in [1.165, 1.54) is 6.92 Å². The van der Waals surface area contributed by atoms with Gasteiger partial charge < -0.3 is 15.4 Å². The van der Waals surface area contributed by atoms with E-state index >= 15 is 0 Å². The number of nitrogens with one attached hydrogen (secondary N) is 2. The average molecular weight is 417 g/mol. The van der Waals surface area contributed by atoms with E-state index in [4.69, 9.17) is 16.3 Å². The Morgan fingerprint density at radius 1 is 1.00 bits per heavy atom. The smallest absolute Gasteiger partial charge is 0.308 e. The zero-order valence-electron chi connectivity index (χ0n) is 16.7. The molecule has 2 N–H and O–H groups in total. The van der Waals surface area contributed by atoms with Gasteiger partial charge in [-0.1, -0.05) is 43.6 Å². The Hall–Kier alpha value is -2.86. The van der Waals surface area contributed by atoms with Gasteiger partial charge >= 0.3 is 5.97 Å². The largest absolute Gasteiger partial charge is 0.452 e. The lowest BCUT2D eigenvalue weighted by molar-refractivity contribution is -0.153. The van der Waals surface area contributed by atoms with Crippen LogP contribution in [-0.4, -0.2) is 30.4 Å². The van der Waals surface area contributed by atoms with Crippen LogP contribution in [0.2, 0.25) is 5.02 Å². The number of amides is 2. The van der Waals surface area contributed by atoms with Crippen LogP contribution in [0.5, 0.6) is 0 Å². The molecule has 0 aliphatic heterocycles. The molecule has 0 bridgehead atoms. The van der Waals surface area contributed by atoms with Gasteiger partial charge in [0.05, 0.1) is 6.42 Å². The summed E-state index contributed by atoms with van der Waals surface area (Å²) in [5, 5.41) is 5.96. The van der Waals surface area contributed by atoms with Gasteiger partial charge in [-0.3, -0.25) is 14.4 Å². The Morgan fingerprint density at radius 2 is 1.66 bits per heavy atom. The fourth-order valence-corrected chi connectivity index (χ4v) is 2.77. The molecule has 0 aromatic heterocycles. The second-order valence-corrected chi connectivity index (χ2v) is 7.31. The molecule has 0 spiro atoms. The van der Waals surface area contributed by atoms with Gasteiger partial charge in [0.2, 0.25) is 0 Å². The molecule has 29 heavy (non-hydrogen) atoms. The van der Waals surface area contributed by atoms with Crippen molar-refractivity contribution in [1.29, 1.82) is 0 Å². The summed E-state index contributed by atoms with van der Waals surface area (Å²) in [6, 6.07) is 13.9. The van der Waals surface area contributed by atoms with Crippen LogP contribution < -0.4 is 10.6 Å². The number of anilines is 1. The van der Waals surface area contributed by atoms with E-state index in [0.29, 0.717) is 16.3 Å². The normalized spacial score (nSPS) is 11.6. The minimum Gasteiger partial charge on any atom is -0.452 e. The molecule has 0 heterocycles. The van der Waals surface area contributed by atoms with Crippen molar-refractivity contribution in [2.75, 3.05) is 11.9 Å². The highest BCUT2D eigenvalue weighted by molar-refractivity contribution is 6.30. The van der Waals surface area contributed by atoms with Crippen LogP contribution >= 0.6 is 11.6 Å². The molecule has 2 aromatic carbocycles. The number of benzene rings is 2. The molecule has 2 aromatic rings. The summed E-state index contributed by atoms with van der Waals surface area (Å²) in [5.41, 5.74) is 2.15. The lowest BCUT2D eigenvalue weighted by Crippen LogP contribution is -2.32. The second kappa shape index (κ2) is 10.6. The van der Waals surface area contributed by atoms with E-state index < -0.39 is 18.0 Å². The van der Waals surface area contributed by atoms with Gasteiger partial charge in [0.1, 0.15) is 0 Å². The lowest BCUT2D eigenvalue weighted by Gasteiger charge is -2.17. The fourth-order valence-electron chi connectivity index (χ4n) is 2.64. The van der Waals surface area contributed by atoms with Crippen LogP contribution in [0, 0.1) is 0 Å². The van der Waals surface area contributed by atoms with Crippen LogP contribution in [0.25, 0.3) is 0 Å². The third kappa shape index (κ3) is 6.91. The van der Waals surface area contributed by atoms with Crippen LogP contribution in [0.1, 0.15) is 49.0 Å². The van der Waals surface area contributed by atoms with Gasteiger partial charge in [-0.2, -0.15) is 0 Å². The molecule has 6 nitrogen and oxygen atoms in total. The summed E-state index contributed by atoms with van der Waals surface area (Å²) in [6.07, 6.45) is -0.991. The molecule has 0 saturated heterocycles. The zero-order valence-corrected chi connectivity index (χ0v) is 17.5. The SMILES string of the molecule is CC(C)c1ccccc1NC(=O)[C@@H](C)OC(=O)CCNC(=O)c1ccc(Cl)cc1. The number of rotatable bonds is 8. The Morgan fingerprint density at radius 3 is 2.31 bits per heavy atom. The van der Waals surface area contributed by atoms with E-state index in [0.717, 1.165) is 5.56 Å². The van der Waals surface area contributed by atoms with E-state index in [1.54, 1.807) is 24.3 Å². The molecule has 2 rings (SSSR count). The average Bonchev–Trinajstić information content (AvgIpc) is 2.68. The van der Waals surface area contributed by atoms with Crippen molar-refractivity contribution in [3.8, 4) is 0 Å². The second-order valence-electron chi connectivity index (χ2n) is 6.88. The maximum absolute atomic E-state index is 12.3. The van der Waals surface area contributed by atoms with Crippen LogP contribution in [0.4, 0.5) is 5.69 Å². The van der Waals surface area contributed by atoms with Crippen molar-refractivity contribution >= 4 is 35.1 Å². The highest BCUT2D eigenvalue weighted by atomic mass is 35.5. The minimum absolute atomic E-state index is 0.0421. The third-order valence-electron chi connectivity index (χ3n) is 4.24. The molecule has 1 atom stereocenters. The van der Waals surface area contributed by atoms with Crippen molar-refractivity contribution in [2.45, 2.75) is 39.2 Å². The first-order chi connectivity index (χ1) is 13.8. The van der Waals surface area contributed by atoms with Crippen LogP contribution in [-0.2, 0) is 14.3 Å². The molecule has 0 fully saturated rings. The first-order valence-corrected chi connectivity index (χ1v) is 9.78. The Kier molecular flexibility index (Phi) is 8.21. The number of carbonyl (C=O) groups is 3. The van der Waals surface area contributed by atoms with E-state index in [9.17, 15) is 14.4 Å². The highest BCUT2D eigenvalue weighted by Crippen LogP contribution is 2.23. The maximum atomic E-state index is 12.3. The van der Waals surface area contributed by atoms with Crippen molar-refractivity contribution < 1.29 is 19.1 Å². The molecule has 0 aliphatic rings. The van der Waals surface area contributed by atoms with Crippen molar-refractivity contribution in [1.82, 2.24) is 5.32 Å². The highest BCUT2D eigenvalue weighted by Gasteiger charge is 2.19. The van der Waals surface area contributed by atoms with Gasteiger partial charge in [-0.05, 0) is 48.7 Å². The predicted molar refractivity (Wildman–Crippen MR) is 113 cm³/mol. The molecular formula is C22H25ClN2O4. The molecule has 0 radical (unpaired) electrons. The number of ether oxygens (including phenoxy) is 1. The standard InChI is InChI=1S/C22H25ClN2O4/c1-14(2)18-6-4-5-7-19(18)25-21(27)15(3)29-20(26)12-13-24-22(28)16-8-10-17(23)11-9-16/h4-11,14-15H,12-13H2,1-3H3,(H,24,28)(H,25,27)/t15-/m1/s1. The minimum atomic E-state index is -0.949. The monoisotopic (exact) mass is 416 g/mol. The molecule has 0 saturated carbocycles. The topological polar surface area (TPSA) is 84.5 Å². The lowest BCUT2D eigenvalue weighted by atomic mass is 10.0. The quantitative estimate of drug-likeness (QED) is 0.633. The Balaban J connectivity index is 1.79. The predicted octanol–water partition coefficient (Wildman–Crippen LogP) is 4.15. The summed E-state index contributed by atoms with van der Waals surface area (Å²) < 4.78 is 5.17. The number of esters is 1. The van der Waals surface area contributed by atoms with Gasteiger partial charge in [0, 0.05) is 22.8 Å². The molecular weight excluding hydrogens is 392 g/mol. The fraction of sp³-hybridized carbons (Fsp3) is 0.318. The maximum Gasteiger partial charge on any atom is 0.308 e. The Labute approximate surface area is 175 Å². The molecule has 7 heteroatoms.